The Balaban J connectivity index is 1.80. The van der Waals surface area contributed by atoms with Crippen LogP contribution in [0.1, 0.15) is 15.9 Å². The third kappa shape index (κ3) is 4.77. The van der Waals surface area contributed by atoms with Crippen molar-refractivity contribution in [1.82, 2.24) is 9.78 Å². The first-order chi connectivity index (χ1) is 16.0. The lowest BCUT2D eigenvalue weighted by Crippen LogP contribution is -2.24. The Hall–Kier alpha value is -4.39. The van der Waals surface area contributed by atoms with Crippen molar-refractivity contribution in [2.75, 3.05) is 14.2 Å². The summed E-state index contributed by atoms with van der Waals surface area (Å²) in [6, 6.07) is 22.9. The number of carbonyl (C=O) groups is 1. The van der Waals surface area contributed by atoms with E-state index in [1.54, 1.807) is 32.4 Å². The van der Waals surface area contributed by atoms with E-state index in [-0.39, 0.29) is 17.7 Å². The lowest BCUT2D eigenvalue weighted by molar-refractivity contribution is 0.0697. The third-order valence-corrected chi connectivity index (χ3v) is 5.30. The number of methoxy groups -OCH3 is 2. The molecule has 4 rings (SSSR count). The van der Waals surface area contributed by atoms with E-state index >= 15 is 0 Å². The summed E-state index contributed by atoms with van der Waals surface area (Å²) in [6.07, 6.45) is 0. The molecule has 0 atom stereocenters. The van der Waals surface area contributed by atoms with Gasteiger partial charge < -0.3 is 14.6 Å². The molecule has 1 heterocycles. The number of nitrogens with zero attached hydrogens (tertiary/aromatic N) is 2. The second kappa shape index (κ2) is 9.40. The minimum Gasteiger partial charge on any atom is -0.497 e. The van der Waals surface area contributed by atoms with Crippen LogP contribution in [-0.2, 0) is 6.54 Å². The molecule has 0 radical (unpaired) electrons. The smallest absolute Gasteiger partial charge is 0.335 e. The van der Waals surface area contributed by atoms with Crippen LogP contribution < -0.4 is 15.0 Å². The van der Waals surface area contributed by atoms with Gasteiger partial charge in [-0.2, -0.15) is 5.10 Å². The first-order valence-electron chi connectivity index (χ1n) is 10.2. The van der Waals surface area contributed by atoms with E-state index in [4.69, 9.17) is 14.6 Å². The third-order valence-electron chi connectivity index (χ3n) is 5.30. The van der Waals surface area contributed by atoms with Gasteiger partial charge in [0.15, 0.2) is 0 Å². The standard InChI is InChI=1S/C26H22N2O5/c1-32-21-11-7-18(8-12-21)23-15-24(29)28(16-17-3-5-20(6-4-17)26(30)31)27-25(23)19-9-13-22(33-2)14-10-19/h3-15H,16H2,1-2H3,(H,30,31). The maximum absolute atomic E-state index is 13.0. The van der Waals surface area contributed by atoms with Crippen LogP contribution in [0.25, 0.3) is 22.4 Å². The zero-order chi connectivity index (χ0) is 23.4. The molecule has 0 unspecified atom stereocenters. The molecule has 0 fully saturated rings. The quantitative estimate of drug-likeness (QED) is 0.458. The van der Waals surface area contributed by atoms with Gasteiger partial charge in [0.2, 0.25) is 0 Å². The molecule has 4 aromatic rings. The van der Waals surface area contributed by atoms with Gasteiger partial charge in [-0.3, -0.25) is 4.79 Å². The fourth-order valence-electron chi connectivity index (χ4n) is 3.48. The average molecular weight is 442 g/mol. The van der Waals surface area contributed by atoms with Crippen molar-refractivity contribution in [3.63, 3.8) is 0 Å². The highest BCUT2D eigenvalue weighted by Gasteiger charge is 2.14. The van der Waals surface area contributed by atoms with Crippen molar-refractivity contribution < 1.29 is 19.4 Å². The highest BCUT2D eigenvalue weighted by atomic mass is 16.5. The number of rotatable bonds is 7. The lowest BCUT2D eigenvalue weighted by atomic mass is 10.00. The van der Waals surface area contributed by atoms with E-state index in [0.29, 0.717) is 11.3 Å². The van der Waals surface area contributed by atoms with E-state index in [9.17, 15) is 9.59 Å². The van der Waals surface area contributed by atoms with Crippen LogP contribution in [-0.4, -0.2) is 35.1 Å². The van der Waals surface area contributed by atoms with Crippen LogP contribution in [0.2, 0.25) is 0 Å². The molecule has 3 aromatic carbocycles. The predicted octanol–water partition coefficient (Wildman–Crippen LogP) is 4.34. The molecule has 0 aliphatic rings. The fraction of sp³-hybridized carbons (Fsp3) is 0.115. The summed E-state index contributed by atoms with van der Waals surface area (Å²) in [5, 5.41) is 13.8. The van der Waals surface area contributed by atoms with Crippen molar-refractivity contribution in [3.05, 3.63) is 100 Å². The highest BCUT2D eigenvalue weighted by molar-refractivity contribution is 5.87. The minimum absolute atomic E-state index is 0.188. The van der Waals surface area contributed by atoms with Gasteiger partial charge in [-0.25, -0.2) is 9.48 Å². The molecule has 0 bridgehead atoms. The zero-order valence-corrected chi connectivity index (χ0v) is 18.2. The minimum atomic E-state index is -0.998. The number of benzene rings is 3. The van der Waals surface area contributed by atoms with Crippen molar-refractivity contribution in [2.24, 2.45) is 0 Å². The Bertz CT molecular complexity index is 1330. The van der Waals surface area contributed by atoms with Crippen molar-refractivity contribution in [3.8, 4) is 33.9 Å². The normalized spacial score (nSPS) is 10.6. The number of hydrogen-bond donors (Lipinski definition) is 1. The van der Waals surface area contributed by atoms with E-state index in [2.05, 4.69) is 5.10 Å². The Morgan fingerprint density at radius 2 is 1.39 bits per heavy atom. The summed E-state index contributed by atoms with van der Waals surface area (Å²) in [6.45, 7) is 0.213. The van der Waals surface area contributed by atoms with Gasteiger partial charge in [-0.15, -0.1) is 0 Å². The summed E-state index contributed by atoms with van der Waals surface area (Å²) >= 11 is 0. The number of carboxylic acid groups (broad SMARTS) is 1. The first-order valence-corrected chi connectivity index (χ1v) is 10.2. The Kier molecular flexibility index (Phi) is 6.22. The van der Waals surface area contributed by atoms with Crippen LogP contribution >= 0.6 is 0 Å². The average Bonchev–Trinajstić information content (AvgIpc) is 2.85. The summed E-state index contributed by atoms with van der Waals surface area (Å²) in [5.74, 6) is 0.440. The second-order valence-corrected chi connectivity index (χ2v) is 7.36. The molecule has 7 heteroatoms. The molecule has 1 aromatic heterocycles. The van der Waals surface area contributed by atoms with Gasteiger partial charge >= 0.3 is 5.97 Å². The van der Waals surface area contributed by atoms with Crippen LogP contribution in [0, 0.1) is 0 Å². The van der Waals surface area contributed by atoms with Crippen LogP contribution in [0.5, 0.6) is 11.5 Å². The van der Waals surface area contributed by atoms with Crippen molar-refractivity contribution >= 4 is 5.97 Å². The molecule has 166 valence electrons. The highest BCUT2D eigenvalue weighted by Crippen LogP contribution is 2.31. The first kappa shape index (κ1) is 21.8. The van der Waals surface area contributed by atoms with Gasteiger partial charge in [-0.1, -0.05) is 24.3 Å². The van der Waals surface area contributed by atoms with E-state index in [1.807, 2.05) is 48.5 Å². The van der Waals surface area contributed by atoms with Gasteiger partial charge in [-0.05, 0) is 59.7 Å². The van der Waals surface area contributed by atoms with Gasteiger partial charge in [0, 0.05) is 17.2 Å². The molecule has 0 saturated carbocycles. The van der Waals surface area contributed by atoms with Crippen LogP contribution in [0.3, 0.4) is 0 Å². The Morgan fingerprint density at radius 1 is 0.848 bits per heavy atom. The van der Waals surface area contributed by atoms with Gasteiger partial charge in [0.1, 0.15) is 11.5 Å². The number of ether oxygens (including phenoxy) is 2. The molecule has 0 amide bonds. The van der Waals surface area contributed by atoms with E-state index in [0.717, 1.165) is 28.2 Å². The molecular formula is C26H22N2O5. The summed E-state index contributed by atoms with van der Waals surface area (Å²) < 4.78 is 11.9. The van der Waals surface area contributed by atoms with E-state index < -0.39 is 5.97 Å². The second-order valence-electron chi connectivity index (χ2n) is 7.36. The molecule has 7 nitrogen and oxygen atoms in total. The maximum Gasteiger partial charge on any atom is 0.335 e. The fourth-order valence-corrected chi connectivity index (χ4v) is 3.48. The topological polar surface area (TPSA) is 90.7 Å². The number of carboxylic acids is 1. The summed E-state index contributed by atoms with van der Waals surface area (Å²) in [4.78, 5) is 24.1. The zero-order valence-electron chi connectivity index (χ0n) is 18.2. The summed E-state index contributed by atoms with van der Waals surface area (Å²) in [5.41, 5.74) is 3.70. The molecule has 0 aliphatic heterocycles. The number of hydrogen-bond acceptors (Lipinski definition) is 5. The maximum atomic E-state index is 13.0. The largest absolute Gasteiger partial charge is 0.497 e. The van der Waals surface area contributed by atoms with E-state index in [1.165, 1.54) is 16.8 Å². The SMILES string of the molecule is COc1ccc(-c2cc(=O)n(Cc3ccc(C(=O)O)cc3)nc2-c2ccc(OC)cc2)cc1. The van der Waals surface area contributed by atoms with Gasteiger partial charge in [0.05, 0.1) is 32.0 Å². The predicted molar refractivity (Wildman–Crippen MR) is 125 cm³/mol. The Labute approximate surface area is 190 Å². The van der Waals surface area contributed by atoms with Crippen molar-refractivity contribution in [2.45, 2.75) is 6.54 Å². The van der Waals surface area contributed by atoms with Crippen LogP contribution in [0.4, 0.5) is 0 Å². The van der Waals surface area contributed by atoms with Crippen molar-refractivity contribution in [1.29, 1.82) is 0 Å². The van der Waals surface area contributed by atoms with Crippen LogP contribution in [0.15, 0.2) is 83.7 Å². The molecule has 0 spiro atoms. The Morgan fingerprint density at radius 3 is 1.91 bits per heavy atom. The number of aromatic nitrogens is 2. The number of aromatic carboxylic acids is 1. The molecule has 0 aliphatic carbocycles. The molecule has 1 N–H and O–H groups in total. The molecule has 0 saturated heterocycles. The monoisotopic (exact) mass is 442 g/mol. The summed E-state index contributed by atoms with van der Waals surface area (Å²) in [7, 11) is 3.20. The molecular weight excluding hydrogens is 420 g/mol. The molecule has 33 heavy (non-hydrogen) atoms. The lowest BCUT2D eigenvalue weighted by Gasteiger charge is -2.14. The van der Waals surface area contributed by atoms with Gasteiger partial charge in [0.25, 0.3) is 5.56 Å².